The molecule has 0 radical (unpaired) electrons. The Kier molecular flexibility index (Phi) is 5.82. The van der Waals surface area contributed by atoms with Gasteiger partial charge in [-0.2, -0.15) is 26.3 Å². The van der Waals surface area contributed by atoms with Crippen LogP contribution in [0, 0.1) is 0 Å². The fraction of sp³-hybridized carbons (Fsp3) is 0.389. The predicted octanol–water partition coefficient (Wildman–Crippen LogP) is 5.55. The van der Waals surface area contributed by atoms with Crippen molar-refractivity contribution in [3.8, 4) is 11.3 Å². The summed E-state index contributed by atoms with van der Waals surface area (Å²) in [5, 5.41) is 0. The van der Waals surface area contributed by atoms with E-state index in [9.17, 15) is 31.1 Å². The third kappa shape index (κ3) is 5.58. The number of amides is 1. The van der Waals surface area contributed by atoms with Crippen LogP contribution in [-0.2, 0) is 17.1 Å². The van der Waals surface area contributed by atoms with Crippen molar-refractivity contribution >= 4 is 11.8 Å². The first-order valence-corrected chi connectivity index (χ1v) is 8.17. The Morgan fingerprint density at radius 3 is 2.14 bits per heavy atom. The minimum absolute atomic E-state index is 0.253. The van der Waals surface area contributed by atoms with Crippen LogP contribution in [0.25, 0.3) is 11.3 Å². The van der Waals surface area contributed by atoms with E-state index in [-0.39, 0.29) is 11.3 Å². The van der Waals surface area contributed by atoms with Gasteiger partial charge in [0.2, 0.25) is 0 Å². The van der Waals surface area contributed by atoms with Crippen molar-refractivity contribution < 1.29 is 35.9 Å². The summed E-state index contributed by atoms with van der Waals surface area (Å²) in [5.74, 6) is 0. The van der Waals surface area contributed by atoms with Crippen LogP contribution in [0.3, 0.4) is 0 Å². The maximum Gasteiger partial charge on any atom is 0.435 e. The van der Waals surface area contributed by atoms with Crippen LogP contribution >= 0.6 is 0 Å². The monoisotopic (exact) mass is 421 g/mol. The Balaban J connectivity index is 2.52. The molecular weight excluding hydrogens is 404 g/mol. The van der Waals surface area contributed by atoms with E-state index < -0.39 is 41.0 Å². The van der Waals surface area contributed by atoms with E-state index in [4.69, 9.17) is 4.74 Å². The van der Waals surface area contributed by atoms with Gasteiger partial charge < -0.3 is 4.74 Å². The smallest absolute Gasteiger partial charge is 0.435 e. The largest absolute Gasteiger partial charge is 0.443 e. The van der Waals surface area contributed by atoms with Gasteiger partial charge in [0.15, 0.2) is 5.69 Å². The molecular formula is C18H17F6N3O2. The van der Waals surface area contributed by atoms with Crippen LogP contribution in [0.1, 0.15) is 32.0 Å². The van der Waals surface area contributed by atoms with Crippen LogP contribution < -0.4 is 4.90 Å². The molecule has 0 saturated carbocycles. The summed E-state index contributed by atoms with van der Waals surface area (Å²) in [7, 11) is 1.08. The normalized spacial score (nSPS) is 12.6. The molecule has 0 aromatic carbocycles. The third-order valence-corrected chi connectivity index (χ3v) is 3.53. The van der Waals surface area contributed by atoms with E-state index in [1.165, 1.54) is 0 Å². The Bertz CT molecular complexity index is 904. The number of hydrogen-bond donors (Lipinski definition) is 0. The second-order valence-corrected chi connectivity index (χ2v) is 7.06. The molecule has 1 amide bonds. The first kappa shape index (κ1) is 22.4. The number of halogens is 6. The van der Waals surface area contributed by atoms with Gasteiger partial charge in [0.25, 0.3) is 0 Å². The summed E-state index contributed by atoms with van der Waals surface area (Å²) in [6.07, 6.45) is -9.21. The van der Waals surface area contributed by atoms with Crippen LogP contribution in [0.15, 0.2) is 30.6 Å². The number of aromatic nitrogens is 2. The number of rotatable bonds is 2. The molecule has 0 aliphatic rings. The minimum Gasteiger partial charge on any atom is -0.443 e. The average Bonchev–Trinajstić information content (AvgIpc) is 2.57. The maximum absolute atomic E-state index is 13.5. The molecule has 2 rings (SSSR count). The second kappa shape index (κ2) is 7.53. The summed E-state index contributed by atoms with van der Waals surface area (Å²) < 4.78 is 84.2. The molecule has 0 fully saturated rings. The zero-order valence-corrected chi connectivity index (χ0v) is 15.8. The number of nitrogens with zero attached hydrogens (tertiary/aromatic N) is 3. The fourth-order valence-corrected chi connectivity index (χ4v) is 2.26. The summed E-state index contributed by atoms with van der Waals surface area (Å²) in [6.45, 7) is 4.64. The highest BCUT2D eigenvalue weighted by molar-refractivity contribution is 5.88. The van der Waals surface area contributed by atoms with E-state index in [0.29, 0.717) is 17.2 Å². The highest BCUT2D eigenvalue weighted by atomic mass is 19.4. The molecule has 2 heterocycles. The molecule has 158 valence electrons. The number of carbonyl (C=O) groups is 1. The molecule has 0 unspecified atom stereocenters. The number of alkyl halides is 6. The highest BCUT2D eigenvalue weighted by Gasteiger charge is 2.39. The first-order valence-electron chi connectivity index (χ1n) is 8.17. The molecule has 5 nitrogen and oxygen atoms in total. The van der Waals surface area contributed by atoms with Crippen LogP contribution in [0.4, 0.5) is 36.8 Å². The van der Waals surface area contributed by atoms with Crippen molar-refractivity contribution in [3.05, 3.63) is 41.9 Å². The highest BCUT2D eigenvalue weighted by Crippen LogP contribution is 2.37. The van der Waals surface area contributed by atoms with Gasteiger partial charge >= 0.3 is 18.4 Å². The zero-order valence-electron chi connectivity index (χ0n) is 15.8. The van der Waals surface area contributed by atoms with Gasteiger partial charge in [-0.25, -0.2) is 9.78 Å². The molecule has 0 aliphatic carbocycles. The van der Waals surface area contributed by atoms with Crippen molar-refractivity contribution in [1.29, 1.82) is 0 Å². The lowest BCUT2D eigenvalue weighted by Gasteiger charge is -2.26. The van der Waals surface area contributed by atoms with Crippen LogP contribution in [0.2, 0.25) is 0 Å². The summed E-state index contributed by atoms with van der Waals surface area (Å²) in [4.78, 5) is 19.6. The molecule has 11 heteroatoms. The summed E-state index contributed by atoms with van der Waals surface area (Å²) in [5.41, 5.74) is -4.74. The molecule has 0 spiro atoms. The van der Waals surface area contributed by atoms with E-state index in [1.54, 1.807) is 20.8 Å². The summed E-state index contributed by atoms with van der Waals surface area (Å²) in [6, 6.07) is 2.66. The van der Waals surface area contributed by atoms with Gasteiger partial charge in [0, 0.05) is 25.0 Å². The fourth-order valence-electron chi connectivity index (χ4n) is 2.26. The number of pyridine rings is 2. The standard InChI is InChI=1S/C18H17F6N3O2/c1-16(2,3)29-15(28)27(4)13-6-5-12(26-14(13)18(22,23)24)10-7-11(9-25-8-10)17(19,20)21/h5-9H,1-4H3. The van der Waals surface area contributed by atoms with Gasteiger partial charge in [0.1, 0.15) is 5.60 Å². The van der Waals surface area contributed by atoms with E-state index in [2.05, 4.69) is 9.97 Å². The molecule has 0 atom stereocenters. The maximum atomic E-state index is 13.5. The predicted molar refractivity (Wildman–Crippen MR) is 92.1 cm³/mol. The molecule has 2 aromatic rings. The first-order chi connectivity index (χ1) is 13.1. The van der Waals surface area contributed by atoms with Gasteiger partial charge in [-0.1, -0.05) is 0 Å². The van der Waals surface area contributed by atoms with Crippen molar-refractivity contribution in [3.63, 3.8) is 0 Å². The molecule has 2 aromatic heterocycles. The van der Waals surface area contributed by atoms with Crippen molar-refractivity contribution in [2.24, 2.45) is 0 Å². The quantitative estimate of drug-likeness (QED) is 0.597. The zero-order chi connectivity index (χ0) is 22.2. The molecule has 0 aliphatic heterocycles. The Morgan fingerprint density at radius 1 is 1.00 bits per heavy atom. The lowest BCUT2D eigenvalue weighted by atomic mass is 10.1. The SMILES string of the molecule is CN(C(=O)OC(C)(C)C)c1ccc(-c2cncc(C(F)(F)F)c2)nc1C(F)(F)F. The Hall–Kier alpha value is -2.85. The van der Waals surface area contributed by atoms with E-state index >= 15 is 0 Å². The third-order valence-electron chi connectivity index (χ3n) is 3.53. The number of ether oxygens (including phenoxy) is 1. The number of carbonyl (C=O) groups excluding carboxylic acids is 1. The topological polar surface area (TPSA) is 55.3 Å². The second-order valence-electron chi connectivity index (χ2n) is 7.06. The molecule has 0 N–H and O–H groups in total. The van der Waals surface area contributed by atoms with Crippen molar-refractivity contribution in [1.82, 2.24) is 9.97 Å². The van der Waals surface area contributed by atoms with Crippen molar-refractivity contribution in [2.75, 3.05) is 11.9 Å². The molecule has 0 bridgehead atoms. The lowest BCUT2D eigenvalue weighted by Crippen LogP contribution is -2.35. The van der Waals surface area contributed by atoms with Gasteiger partial charge in [0.05, 0.1) is 16.9 Å². The van der Waals surface area contributed by atoms with Gasteiger partial charge in [-0.15, -0.1) is 0 Å². The Morgan fingerprint density at radius 2 is 1.62 bits per heavy atom. The molecule has 29 heavy (non-hydrogen) atoms. The van der Waals surface area contributed by atoms with E-state index in [1.807, 2.05) is 0 Å². The van der Waals surface area contributed by atoms with Gasteiger partial charge in [-0.3, -0.25) is 9.88 Å². The van der Waals surface area contributed by atoms with Crippen LogP contribution in [-0.4, -0.2) is 28.7 Å². The Labute approximate surface area is 162 Å². The number of hydrogen-bond acceptors (Lipinski definition) is 4. The van der Waals surface area contributed by atoms with E-state index in [0.717, 1.165) is 25.4 Å². The number of anilines is 1. The minimum atomic E-state index is -4.98. The van der Waals surface area contributed by atoms with Crippen molar-refractivity contribution in [2.45, 2.75) is 38.7 Å². The molecule has 0 saturated heterocycles. The lowest BCUT2D eigenvalue weighted by molar-refractivity contribution is -0.140. The summed E-state index contributed by atoms with van der Waals surface area (Å²) >= 11 is 0. The van der Waals surface area contributed by atoms with Gasteiger partial charge in [-0.05, 0) is 39.0 Å². The average molecular weight is 421 g/mol. The van der Waals surface area contributed by atoms with Crippen LogP contribution in [0.5, 0.6) is 0 Å².